The fraction of sp³-hybridized carbons (Fsp3) is 0.0526. The van der Waals surface area contributed by atoms with Crippen molar-refractivity contribution in [3.63, 3.8) is 0 Å². The molecule has 0 saturated carbocycles. The summed E-state index contributed by atoms with van der Waals surface area (Å²) < 4.78 is 13.1. The van der Waals surface area contributed by atoms with Gasteiger partial charge in [0.15, 0.2) is 0 Å². The molecule has 0 radical (unpaired) electrons. The Balaban J connectivity index is 2.01. The smallest absolute Gasteiger partial charge is 0.123 e. The lowest BCUT2D eigenvalue weighted by Crippen LogP contribution is -1.91. The molecule has 4 rings (SSSR count). The highest BCUT2D eigenvalue weighted by Crippen LogP contribution is 2.29. The Labute approximate surface area is 127 Å². The molecule has 106 valence electrons. The fourth-order valence-corrected chi connectivity index (χ4v) is 2.86. The van der Waals surface area contributed by atoms with Crippen molar-refractivity contribution < 1.29 is 4.39 Å². The molecule has 0 atom stereocenters. The van der Waals surface area contributed by atoms with E-state index >= 15 is 0 Å². The Hall–Kier alpha value is -2.81. The van der Waals surface area contributed by atoms with Gasteiger partial charge in [-0.05, 0) is 61.0 Å². The second kappa shape index (κ2) is 4.88. The monoisotopic (exact) mass is 288 g/mol. The average Bonchev–Trinajstić information content (AvgIpc) is 2.55. The van der Waals surface area contributed by atoms with E-state index in [1.54, 1.807) is 18.3 Å². The maximum atomic E-state index is 13.1. The minimum atomic E-state index is -0.238. The van der Waals surface area contributed by atoms with E-state index in [1.807, 2.05) is 24.3 Å². The molecular formula is C19H13FN2. The average molecular weight is 288 g/mol. The van der Waals surface area contributed by atoms with Crippen LogP contribution in [0.15, 0.2) is 60.8 Å². The molecule has 22 heavy (non-hydrogen) atoms. The second-order valence-corrected chi connectivity index (χ2v) is 5.36. The number of halogens is 1. The van der Waals surface area contributed by atoms with Crippen LogP contribution in [0.4, 0.5) is 4.39 Å². The summed E-state index contributed by atoms with van der Waals surface area (Å²) in [6.07, 6.45) is 1.80. The number of pyridine rings is 2. The molecule has 0 saturated heterocycles. The van der Waals surface area contributed by atoms with Gasteiger partial charge in [-0.3, -0.25) is 4.98 Å². The predicted octanol–water partition coefficient (Wildman–Crippen LogP) is 4.90. The first-order valence-corrected chi connectivity index (χ1v) is 7.13. The third kappa shape index (κ3) is 2.02. The van der Waals surface area contributed by atoms with Crippen LogP contribution in [0.1, 0.15) is 5.56 Å². The molecule has 0 unspecified atom stereocenters. The predicted molar refractivity (Wildman–Crippen MR) is 87.2 cm³/mol. The third-order valence-corrected chi connectivity index (χ3v) is 3.89. The summed E-state index contributed by atoms with van der Waals surface area (Å²) in [5.41, 5.74) is 4.81. The third-order valence-electron chi connectivity index (χ3n) is 3.89. The minimum absolute atomic E-state index is 0.238. The van der Waals surface area contributed by atoms with Gasteiger partial charge in [0, 0.05) is 22.5 Å². The summed E-state index contributed by atoms with van der Waals surface area (Å²) in [7, 11) is 0. The highest BCUT2D eigenvalue weighted by Gasteiger charge is 2.08. The van der Waals surface area contributed by atoms with Gasteiger partial charge in [0.2, 0.25) is 0 Å². The molecule has 0 aliphatic rings. The van der Waals surface area contributed by atoms with Crippen molar-refractivity contribution in [3.05, 3.63) is 72.2 Å². The zero-order valence-electron chi connectivity index (χ0n) is 12.0. The number of rotatable bonds is 1. The summed E-state index contributed by atoms with van der Waals surface area (Å²) in [4.78, 5) is 9.13. The van der Waals surface area contributed by atoms with E-state index in [0.29, 0.717) is 0 Å². The van der Waals surface area contributed by atoms with Crippen LogP contribution in [-0.4, -0.2) is 9.97 Å². The fourth-order valence-electron chi connectivity index (χ4n) is 2.86. The Kier molecular flexibility index (Phi) is 2.86. The molecule has 2 aromatic carbocycles. The van der Waals surface area contributed by atoms with Crippen LogP contribution in [0, 0.1) is 12.7 Å². The lowest BCUT2D eigenvalue weighted by atomic mass is 10.0. The summed E-state index contributed by atoms with van der Waals surface area (Å²) in [5, 5.41) is 2.23. The van der Waals surface area contributed by atoms with Crippen molar-refractivity contribution in [3.8, 4) is 11.3 Å². The van der Waals surface area contributed by atoms with Gasteiger partial charge in [0.1, 0.15) is 5.82 Å². The van der Waals surface area contributed by atoms with Gasteiger partial charge < -0.3 is 0 Å². The number of hydrogen-bond donors (Lipinski definition) is 0. The zero-order valence-corrected chi connectivity index (χ0v) is 12.0. The van der Waals surface area contributed by atoms with Crippen LogP contribution < -0.4 is 0 Å². The lowest BCUT2D eigenvalue weighted by Gasteiger charge is -2.09. The molecule has 3 heteroatoms. The van der Waals surface area contributed by atoms with Gasteiger partial charge >= 0.3 is 0 Å². The van der Waals surface area contributed by atoms with E-state index < -0.39 is 0 Å². The lowest BCUT2D eigenvalue weighted by molar-refractivity contribution is 0.628. The Morgan fingerprint density at radius 2 is 1.68 bits per heavy atom. The van der Waals surface area contributed by atoms with E-state index in [9.17, 15) is 4.39 Å². The number of aromatic nitrogens is 2. The molecule has 0 aliphatic carbocycles. The highest BCUT2D eigenvalue weighted by atomic mass is 19.1. The van der Waals surface area contributed by atoms with Crippen LogP contribution in [0.5, 0.6) is 0 Å². The maximum absolute atomic E-state index is 13.1. The summed E-state index contributed by atoms with van der Waals surface area (Å²) in [5.74, 6) is -0.238. The largest absolute Gasteiger partial charge is 0.256 e. The molecule has 0 aliphatic heterocycles. The summed E-state index contributed by atoms with van der Waals surface area (Å²) in [6, 6.07) is 16.5. The molecule has 0 fully saturated rings. The first-order valence-electron chi connectivity index (χ1n) is 7.13. The van der Waals surface area contributed by atoms with Crippen LogP contribution in [0.2, 0.25) is 0 Å². The topological polar surface area (TPSA) is 25.8 Å². The molecular weight excluding hydrogens is 275 g/mol. The van der Waals surface area contributed by atoms with Crippen LogP contribution >= 0.6 is 0 Å². The minimum Gasteiger partial charge on any atom is -0.256 e. The van der Waals surface area contributed by atoms with Crippen molar-refractivity contribution in [2.75, 3.05) is 0 Å². The Bertz CT molecular complexity index is 991. The SMILES string of the molecule is Cc1cc(-c2ccc(F)cc2)nc2ccc3ncccc3c12. The first-order chi connectivity index (χ1) is 10.7. The van der Waals surface area contributed by atoms with Gasteiger partial charge in [-0.15, -0.1) is 0 Å². The van der Waals surface area contributed by atoms with Crippen molar-refractivity contribution in [2.24, 2.45) is 0 Å². The standard InChI is InChI=1S/C19H13FN2/c1-12-11-18(13-4-6-14(20)7-5-13)22-17-9-8-16-15(19(12)17)3-2-10-21-16/h2-11H,1H3. The Morgan fingerprint density at radius 1 is 0.909 bits per heavy atom. The number of nitrogens with zero attached hydrogens (tertiary/aromatic N) is 2. The zero-order chi connectivity index (χ0) is 15.1. The van der Waals surface area contributed by atoms with Gasteiger partial charge in [0.25, 0.3) is 0 Å². The van der Waals surface area contributed by atoms with Gasteiger partial charge in [-0.2, -0.15) is 0 Å². The number of fused-ring (bicyclic) bond motifs is 3. The number of hydrogen-bond acceptors (Lipinski definition) is 2. The maximum Gasteiger partial charge on any atom is 0.123 e. The van der Waals surface area contributed by atoms with Crippen LogP contribution in [0.25, 0.3) is 33.1 Å². The van der Waals surface area contributed by atoms with Crippen molar-refractivity contribution >= 4 is 21.8 Å². The van der Waals surface area contributed by atoms with Crippen molar-refractivity contribution in [1.29, 1.82) is 0 Å². The second-order valence-electron chi connectivity index (χ2n) is 5.36. The van der Waals surface area contributed by atoms with E-state index in [-0.39, 0.29) is 5.82 Å². The molecule has 4 aromatic rings. The first kappa shape index (κ1) is 12.9. The Morgan fingerprint density at radius 3 is 2.50 bits per heavy atom. The molecule has 2 heterocycles. The molecule has 2 aromatic heterocycles. The van der Waals surface area contributed by atoms with Crippen molar-refractivity contribution in [2.45, 2.75) is 6.92 Å². The quantitative estimate of drug-likeness (QED) is 0.466. The summed E-state index contributed by atoms with van der Waals surface area (Å²) >= 11 is 0. The van der Waals surface area contributed by atoms with E-state index in [0.717, 1.165) is 38.6 Å². The molecule has 0 spiro atoms. The molecule has 2 nitrogen and oxygen atoms in total. The number of benzene rings is 2. The van der Waals surface area contributed by atoms with Crippen LogP contribution in [-0.2, 0) is 0 Å². The molecule has 0 N–H and O–H groups in total. The van der Waals surface area contributed by atoms with Crippen molar-refractivity contribution in [1.82, 2.24) is 9.97 Å². The molecule has 0 amide bonds. The molecule has 0 bridgehead atoms. The normalized spacial score (nSPS) is 11.2. The van der Waals surface area contributed by atoms with Gasteiger partial charge in [-0.1, -0.05) is 6.07 Å². The van der Waals surface area contributed by atoms with Crippen LogP contribution in [0.3, 0.4) is 0 Å². The van der Waals surface area contributed by atoms with Gasteiger partial charge in [0.05, 0.1) is 16.7 Å². The highest BCUT2D eigenvalue weighted by molar-refractivity contribution is 6.06. The van der Waals surface area contributed by atoms with Gasteiger partial charge in [-0.25, -0.2) is 9.37 Å². The number of aryl methyl sites for hydroxylation is 1. The van der Waals surface area contributed by atoms with E-state index in [4.69, 9.17) is 4.98 Å². The van der Waals surface area contributed by atoms with E-state index in [1.165, 1.54) is 12.1 Å². The summed E-state index contributed by atoms with van der Waals surface area (Å²) in [6.45, 7) is 2.07. The van der Waals surface area contributed by atoms with E-state index in [2.05, 4.69) is 18.0 Å².